The van der Waals surface area contributed by atoms with Gasteiger partial charge in [0.05, 0.1) is 27.4 Å². The smallest absolute Gasteiger partial charge is 0.123 e. The van der Waals surface area contributed by atoms with Crippen LogP contribution in [0.5, 0.6) is 0 Å². The Morgan fingerprint density at radius 3 is 2.10 bits per heavy atom. The number of para-hydroxylation sites is 1. The van der Waals surface area contributed by atoms with Gasteiger partial charge in [-0.3, -0.25) is 0 Å². The quantitative estimate of drug-likeness (QED) is 0.163. The van der Waals surface area contributed by atoms with E-state index in [2.05, 4.69) is 41.0 Å². The van der Waals surface area contributed by atoms with Crippen molar-refractivity contribution in [2.75, 3.05) is 4.90 Å². The topological polar surface area (TPSA) is 8.17 Å². The van der Waals surface area contributed by atoms with Crippen molar-refractivity contribution in [3.05, 3.63) is 240 Å². The number of fused-ring (bicyclic) bond motifs is 9. The zero-order chi connectivity index (χ0) is 46.0. The summed E-state index contributed by atoms with van der Waals surface area (Å²) in [4.78, 5) is 1.98. The molecule has 0 N–H and O–H groups in total. The predicted molar refractivity (Wildman–Crippen MR) is 246 cm³/mol. The Hall–Kier alpha value is -7.27. The maximum Gasteiger partial charge on any atom is 0.123 e. The molecule has 0 saturated heterocycles. The molecule has 1 atom stereocenters. The van der Waals surface area contributed by atoms with E-state index in [0.29, 0.717) is 39.2 Å². The lowest BCUT2D eigenvalue weighted by atomic mass is 9.67. The number of nitrogens with zero attached hydrogens (tertiary/aromatic N) is 2. The van der Waals surface area contributed by atoms with Gasteiger partial charge in [0.25, 0.3) is 0 Å². The Kier molecular flexibility index (Phi) is 5.92. The molecule has 2 nitrogen and oxygen atoms in total. The van der Waals surface area contributed by atoms with Crippen molar-refractivity contribution in [3.63, 3.8) is 0 Å². The molecule has 0 amide bonds. The highest BCUT2D eigenvalue weighted by Gasteiger charge is 2.46. The molecule has 278 valence electrons. The summed E-state index contributed by atoms with van der Waals surface area (Å²) in [6.45, 7) is 0. The lowest BCUT2D eigenvalue weighted by molar-refractivity contribution is 0.627. The first-order valence-corrected chi connectivity index (χ1v) is 20.2. The van der Waals surface area contributed by atoms with E-state index in [-0.39, 0.29) is 53.7 Å². The van der Waals surface area contributed by atoms with Crippen LogP contribution in [0.3, 0.4) is 0 Å². The first-order chi connectivity index (χ1) is 32.4. The van der Waals surface area contributed by atoms with Crippen LogP contribution in [0.25, 0.3) is 58.8 Å². The number of rotatable bonds is 6. The summed E-state index contributed by atoms with van der Waals surface area (Å²) >= 11 is 1.66. The van der Waals surface area contributed by atoms with Crippen molar-refractivity contribution >= 4 is 70.4 Å². The third-order valence-electron chi connectivity index (χ3n) is 11.8. The zero-order valence-corrected chi connectivity index (χ0v) is 32.1. The zero-order valence-electron chi connectivity index (χ0n) is 39.3. The molecule has 0 bridgehead atoms. The van der Waals surface area contributed by atoms with Crippen LogP contribution in [0.2, 0.25) is 0 Å². The molecule has 2 heterocycles. The second-order valence-corrected chi connectivity index (χ2v) is 15.9. The maximum absolute atomic E-state index is 14.3. The van der Waals surface area contributed by atoms with Gasteiger partial charge in [-0.05, 0) is 112 Å². The number of hydrogen-bond donors (Lipinski definition) is 0. The monoisotopic (exact) mass is 782 g/mol. The lowest BCUT2D eigenvalue weighted by Crippen LogP contribution is -2.28. The third-order valence-corrected chi connectivity index (χ3v) is 12.9. The molecule has 1 aliphatic rings. The summed E-state index contributed by atoms with van der Waals surface area (Å²) in [5, 5.41) is 4.07. The molecular weight excluding hydrogens is 740 g/mol. The van der Waals surface area contributed by atoms with Gasteiger partial charge in [-0.25, -0.2) is 4.39 Å². The van der Waals surface area contributed by atoms with Crippen molar-refractivity contribution in [1.82, 2.24) is 4.57 Å². The van der Waals surface area contributed by atoms with Crippen LogP contribution in [0.15, 0.2) is 212 Å². The summed E-state index contributed by atoms with van der Waals surface area (Å²) < 4.78 is 92.2. The molecule has 9 aromatic carbocycles. The van der Waals surface area contributed by atoms with Crippen molar-refractivity contribution in [1.29, 1.82) is 0 Å². The van der Waals surface area contributed by atoms with Crippen LogP contribution in [-0.4, -0.2) is 4.57 Å². The first-order valence-electron chi connectivity index (χ1n) is 23.4. The van der Waals surface area contributed by atoms with Crippen molar-refractivity contribution in [2.45, 2.75) is 5.41 Å². The number of halogens is 1. The molecule has 2 aromatic heterocycles. The summed E-state index contributed by atoms with van der Waals surface area (Å²) in [6, 6.07) is 49.0. The second kappa shape index (κ2) is 13.1. The minimum absolute atomic E-state index is 0.0788. The fourth-order valence-electron chi connectivity index (χ4n) is 9.29. The Balaban J connectivity index is 1.20. The molecule has 0 fully saturated rings. The highest BCUT2D eigenvalue weighted by Crippen LogP contribution is 2.57. The average Bonchev–Trinajstić information content (AvgIpc) is 3.97. The molecule has 4 heteroatoms. The standard InChI is InChI=1S/C55H35FN2S/c56-38-23-25-39(26-24-38)58-51-21-11-8-18-45(51)48-33-40(29-32-52(48)58)57(42-28-31-47-46-19-9-12-22-53(46)59-54(47)35-42)41-27-30-44-43-17-7-10-20-49(43)55(50(44)34-41,36-13-3-1-4-14-36)37-15-5-2-6-16-37/h1-35H/i1D,3D,4D,7D,10D,13D,27D,30D. The van der Waals surface area contributed by atoms with Gasteiger partial charge in [-0.2, -0.15) is 0 Å². The largest absolute Gasteiger partial charge is 0.310 e. The molecule has 0 aliphatic heterocycles. The van der Waals surface area contributed by atoms with E-state index in [1.54, 1.807) is 35.6 Å². The van der Waals surface area contributed by atoms with Crippen LogP contribution < -0.4 is 4.90 Å². The molecule has 0 radical (unpaired) electrons. The summed E-state index contributed by atoms with van der Waals surface area (Å²) in [6.07, 6.45) is 0. The van der Waals surface area contributed by atoms with Gasteiger partial charge in [-0.1, -0.05) is 133 Å². The van der Waals surface area contributed by atoms with E-state index in [1.807, 2.05) is 89.8 Å². The van der Waals surface area contributed by atoms with Gasteiger partial charge in [0.1, 0.15) is 5.82 Å². The van der Waals surface area contributed by atoms with E-state index in [0.717, 1.165) is 53.4 Å². The minimum Gasteiger partial charge on any atom is -0.310 e. The SMILES string of the molecule is [2H]c1cc2c(cc1[2H])C(c1ccccc1)(c1cc([2H])c([2H])c([2H])c1[2H])c1cc(N(c3ccc4c(c3)sc3ccccc34)c3ccc4c(c3)c3ccccc3n4-c3ccc(F)cc3)c([2H])c([2H])c1-2. The molecular formula is C55H35FN2S. The first kappa shape index (κ1) is 26.6. The number of benzene rings is 9. The molecule has 0 spiro atoms. The number of thiophene rings is 1. The van der Waals surface area contributed by atoms with Gasteiger partial charge in [-0.15, -0.1) is 11.3 Å². The molecule has 12 rings (SSSR count). The van der Waals surface area contributed by atoms with E-state index >= 15 is 0 Å². The van der Waals surface area contributed by atoms with Gasteiger partial charge in [0.15, 0.2) is 0 Å². The molecule has 59 heavy (non-hydrogen) atoms. The Bertz CT molecular complexity index is 3890. The van der Waals surface area contributed by atoms with E-state index in [4.69, 9.17) is 6.85 Å². The summed E-state index contributed by atoms with van der Waals surface area (Å²) in [5.74, 6) is -0.334. The van der Waals surface area contributed by atoms with E-state index in [1.165, 1.54) is 18.2 Å². The number of hydrogen-bond acceptors (Lipinski definition) is 2. The maximum atomic E-state index is 14.3. The fourth-order valence-corrected chi connectivity index (χ4v) is 10.4. The highest BCUT2D eigenvalue weighted by atomic mass is 32.1. The van der Waals surface area contributed by atoms with Gasteiger partial charge in [0.2, 0.25) is 0 Å². The highest BCUT2D eigenvalue weighted by molar-refractivity contribution is 7.25. The Labute approximate surface area is 356 Å². The van der Waals surface area contributed by atoms with Crippen molar-refractivity contribution < 1.29 is 15.4 Å². The summed E-state index contributed by atoms with van der Waals surface area (Å²) in [5.41, 5.74) is 5.46. The van der Waals surface area contributed by atoms with Crippen LogP contribution in [0.1, 0.15) is 33.2 Å². The van der Waals surface area contributed by atoms with Crippen molar-refractivity contribution in [2.24, 2.45) is 0 Å². The molecule has 11 aromatic rings. The molecule has 1 aliphatic carbocycles. The predicted octanol–water partition coefficient (Wildman–Crippen LogP) is 15.1. The fraction of sp³-hybridized carbons (Fsp3) is 0.0182. The van der Waals surface area contributed by atoms with Gasteiger partial charge in [0, 0.05) is 53.7 Å². The number of aromatic nitrogens is 1. The van der Waals surface area contributed by atoms with Crippen molar-refractivity contribution in [3.8, 4) is 16.8 Å². The van der Waals surface area contributed by atoms with Crippen LogP contribution in [0, 0.1) is 5.82 Å². The minimum atomic E-state index is -1.52. The lowest BCUT2D eigenvalue weighted by Gasteiger charge is -2.35. The number of anilines is 3. The normalized spacial score (nSPS) is 16.5. The Morgan fingerprint density at radius 1 is 0.475 bits per heavy atom. The third kappa shape index (κ3) is 5.03. The molecule has 1 unspecified atom stereocenters. The molecule has 0 saturated carbocycles. The second-order valence-electron chi connectivity index (χ2n) is 14.8. The van der Waals surface area contributed by atoms with E-state index < -0.39 is 11.5 Å². The average molecular weight is 783 g/mol. The van der Waals surface area contributed by atoms with E-state index in [9.17, 15) is 8.50 Å². The van der Waals surface area contributed by atoms with Crippen LogP contribution >= 0.6 is 11.3 Å². The van der Waals surface area contributed by atoms with Gasteiger partial charge >= 0.3 is 0 Å². The van der Waals surface area contributed by atoms with Gasteiger partial charge < -0.3 is 9.47 Å². The van der Waals surface area contributed by atoms with Crippen LogP contribution in [-0.2, 0) is 5.41 Å². The Morgan fingerprint density at radius 2 is 1.20 bits per heavy atom. The van der Waals surface area contributed by atoms with Crippen LogP contribution in [0.4, 0.5) is 21.5 Å². The summed E-state index contributed by atoms with van der Waals surface area (Å²) in [7, 11) is 0.